The minimum Gasteiger partial charge on any atom is -0.370 e. The van der Waals surface area contributed by atoms with E-state index in [0.29, 0.717) is 0 Å². The van der Waals surface area contributed by atoms with Gasteiger partial charge in [0.2, 0.25) is 0 Å². The Morgan fingerprint density at radius 2 is 1.82 bits per heavy atom. The van der Waals surface area contributed by atoms with Crippen LogP contribution in [0.3, 0.4) is 0 Å². The Morgan fingerprint density at radius 3 is 2.59 bits per heavy atom. The van der Waals surface area contributed by atoms with Crippen molar-refractivity contribution in [1.29, 1.82) is 0 Å². The molecular formula is C18H25N2OS+. The van der Waals surface area contributed by atoms with Crippen LogP contribution in [-0.4, -0.2) is 43.6 Å². The van der Waals surface area contributed by atoms with E-state index in [2.05, 4.69) is 39.0 Å². The lowest BCUT2D eigenvalue weighted by atomic mass is 10.0. The number of pyridine rings is 1. The molecule has 0 radical (unpaired) electrons. The van der Waals surface area contributed by atoms with Crippen LogP contribution in [0.15, 0.2) is 23.2 Å². The number of quaternary nitrogens is 1. The Hall–Kier alpha value is -1.10. The largest absolute Gasteiger partial charge is 0.370 e. The minimum atomic E-state index is 0.908. The molecule has 0 atom stereocenters. The van der Waals surface area contributed by atoms with Crippen LogP contribution in [0.1, 0.15) is 16.7 Å². The zero-order valence-corrected chi connectivity index (χ0v) is 14.6. The summed E-state index contributed by atoms with van der Waals surface area (Å²) >= 11 is 1.90. The van der Waals surface area contributed by atoms with Crippen LogP contribution in [-0.2, 0) is 4.74 Å². The van der Waals surface area contributed by atoms with Gasteiger partial charge >= 0.3 is 0 Å². The highest BCUT2D eigenvalue weighted by molar-refractivity contribution is 7.99. The van der Waals surface area contributed by atoms with E-state index in [1.54, 1.807) is 4.90 Å². The number of morpholine rings is 1. The average molecular weight is 317 g/mol. The number of nitrogens with zero attached hydrogens (tertiary/aromatic N) is 1. The van der Waals surface area contributed by atoms with Gasteiger partial charge in [-0.15, -0.1) is 11.8 Å². The maximum Gasteiger partial charge on any atom is 0.101 e. The number of aryl methyl sites for hydroxylation is 3. The monoisotopic (exact) mass is 317 g/mol. The molecule has 118 valence electrons. The first kappa shape index (κ1) is 15.8. The number of fused-ring (bicyclic) bond motifs is 1. The number of benzene rings is 1. The maximum atomic E-state index is 5.42. The number of nitrogens with one attached hydrogen (secondary N) is 1. The van der Waals surface area contributed by atoms with Crippen LogP contribution in [0, 0.1) is 20.8 Å². The molecule has 4 heteroatoms. The molecule has 0 spiro atoms. The predicted octanol–water partition coefficient (Wildman–Crippen LogP) is 2.17. The fraction of sp³-hybridized carbons (Fsp3) is 0.500. The van der Waals surface area contributed by atoms with Gasteiger partial charge in [0, 0.05) is 11.1 Å². The highest BCUT2D eigenvalue weighted by atomic mass is 32.2. The summed E-state index contributed by atoms with van der Waals surface area (Å²) in [6.07, 6.45) is 0. The van der Waals surface area contributed by atoms with Crippen molar-refractivity contribution >= 4 is 22.7 Å². The quantitative estimate of drug-likeness (QED) is 0.876. The van der Waals surface area contributed by atoms with Crippen molar-refractivity contribution in [3.63, 3.8) is 0 Å². The van der Waals surface area contributed by atoms with Gasteiger partial charge in [-0.1, -0.05) is 12.1 Å². The molecule has 3 rings (SSSR count). The van der Waals surface area contributed by atoms with E-state index < -0.39 is 0 Å². The normalized spacial score (nSPS) is 16.3. The number of aromatic nitrogens is 1. The molecule has 1 N–H and O–H groups in total. The van der Waals surface area contributed by atoms with Gasteiger partial charge in [-0.25, -0.2) is 4.98 Å². The molecule has 0 aliphatic carbocycles. The van der Waals surface area contributed by atoms with Gasteiger partial charge in [-0.3, -0.25) is 0 Å². The first-order valence-electron chi connectivity index (χ1n) is 8.07. The van der Waals surface area contributed by atoms with Gasteiger partial charge in [0.05, 0.1) is 30.3 Å². The molecule has 3 nitrogen and oxygen atoms in total. The van der Waals surface area contributed by atoms with E-state index in [9.17, 15) is 0 Å². The Balaban J connectivity index is 1.73. The molecule has 22 heavy (non-hydrogen) atoms. The Labute approximate surface area is 137 Å². The highest BCUT2D eigenvalue weighted by Gasteiger charge is 2.14. The van der Waals surface area contributed by atoms with Crippen molar-refractivity contribution in [2.24, 2.45) is 0 Å². The average Bonchev–Trinajstić information content (AvgIpc) is 2.53. The van der Waals surface area contributed by atoms with E-state index >= 15 is 0 Å². The second kappa shape index (κ2) is 6.99. The lowest BCUT2D eigenvalue weighted by Crippen LogP contribution is -3.14. The van der Waals surface area contributed by atoms with E-state index in [0.717, 1.165) is 37.6 Å². The third-order valence-corrected chi connectivity index (χ3v) is 5.54. The number of rotatable bonds is 4. The summed E-state index contributed by atoms with van der Waals surface area (Å²) < 4.78 is 5.42. The minimum absolute atomic E-state index is 0.908. The molecule has 2 aromatic rings. The zero-order valence-electron chi connectivity index (χ0n) is 13.7. The number of hydrogen-bond acceptors (Lipinski definition) is 3. The van der Waals surface area contributed by atoms with E-state index in [1.165, 1.54) is 33.6 Å². The Morgan fingerprint density at radius 1 is 1.09 bits per heavy atom. The summed E-state index contributed by atoms with van der Waals surface area (Å²) in [7, 11) is 0. The molecule has 1 aliphatic rings. The van der Waals surface area contributed by atoms with Crippen LogP contribution < -0.4 is 4.90 Å². The van der Waals surface area contributed by atoms with Crippen molar-refractivity contribution in [2.45, 2.75) is 25.8 Å². The van der Waals surface area contributed by atoms with Crippen LogP contribution in [0.5, 0.6) is 0 Å². The predicted molar refractivity (Wildman–Crippen MR) is 93.1 cm³/mol. The highest BCUT2D eigenvalue weighted by Crippen LogP contribution is 2.27. The van der Waals surface area contributed by atoms with Crippen molar-refractivity contribution in [2.75, 3.05) is 38.6 Å². The van der Waals surface area contributed by atoms with Crippen molar-refractivity contribution in [1.82, 2.24) is 4.98 Å². The van der Waals surface area contributed by atoms with Crippen LogP contribution in [0.4, 0.5) is 0 Å². The number of thioether (sulfide) groups is 1. The van der Waals surface area contributed by atoms with Gasteiger partial charge < -0.3 is 9.64 Å². The summed E-state index contributed by atoms with van der Waals surface area (Å²) in [6.45, 7) is 11.8. The fourth-order valence-electron chi connectivity index (χ4n) is 2.96. The van der Waals surface area contributed by atoms with Gasteiger partial charge in [0.15, 0.2) is 0 Å². The van der Waals surface area contributed by atoms with Gasteiger partial charge in [0.25, 0.3) is 0 Å². The summed E-state index contributed by atoms with van der Waals surface area (Å²) in [4.78, 5) is 6.60. The Kier molecular flexibility index (Phi) is 5.01. The SMILES string of the molecule is Cc1cc2c(C)ccc(C)c2nc1SCC[NH+]1CCOCC1. The number of hydrogen-bond donors (Lipinski definition) is 1. The molecule has 0 unspecified atom stereocenters. The molecule has 1 saturated heterocycles. The van der Waals surface area contributed by atoms with Crippen molar-refractivity contribution in [3.8, 4) is 0 Å². The van der Waals surface area contributed by atoms with Crippen molar-refractivity contribution < 1.29 is 9.64 Å². The van der Waals surface area contributed by atoms with Gasteiger partial charge in [-0.2, -0.15) is 0 Å². The zero-order chi connectivity index (χ0) is 15.5. The molecule has 1 fully saturated rings. The van der Waals surface area contributed by atoms with Crippen LogP contribution >= 0.6 is 11.8 Å². The first-order valence-corrected chi connectivity index (χ1v) is 9.05. The summed E-state index contributed by atoms with van der Waals surface area (Å²) in [5, 5.41) is 2.48. The third kappa shape index (κ3) is 3.45. The molecule has 0 amide bonds. The first-order chi connectivity index (χ1) is 10.6. The molecule has 0 saturated carbocycles. The lowest BCUT2D eigenvalue weighted by molar-refractivity contribution is -0.905. The van der Waals surface area contributed by atoms with Crippen molar-refractivity contribution in [3.05, 3.63) is 34.9 Å². The summed E-state index contributed by atoms with van der Waals surface area (Å²) in [6, 6.07) is 6.66. The van der Waals surface area contributed by atoms with E-state index in [-0.39, 0.29) is 0 Å². The molecule has 1 aromatic heterocycles. The number of ether oxygens (including phenoxy) is 1. The lowest BCUT2D eigenvalue weighted by Gasteiger charge is -2.23. The van der Waals surface area contributed by atoms with Crippen LogP contribution in [0.2, 0.25) is 0 Å². The fourth-order valence-corrected chi connectivity index (χ4v) is 3.99. The third-order valence-electron chi connectivity index (χ3n) is 4.44. The van der Waals surface area contributed by atoms with Gasteiger partial charge in [0.1, 0.15) is 13.1 Å². The molecule has 2 heterocycles. The Bertz CT molecular complexity index is 666. The standard InChI is InChI=1S/C18H24N2OS/c1-13-4-5-14(2)17-16(13)12-15(3)18(19-17)22-11-8-20-6-9-21-10-7-20/h4-5,12H,6-11H2,1-3H3/p+1. The second-order valence-corrected chi connectivity index (χ2v) is 7.25. The van der Waals surface area contributed by atoms with Gasteiger partial charge in [-0.05, 0) is 43.5 Å². The smallest absolute Gasteiger partial charge is 0.101 e. The molecule has 1 aromatic carbocycles. The molecule has 0 bridgehead atoms. The summed E-state index contributed by atoms with van der Waals surface area (Å²) in [5.41, 5.74) is 5.03. The maximum absolute atomic E-state index is 5.42. The van der Waals surface area contributed by atoms with E-state index in [4.69, 9.17) is 9.72 Å². The summed E-state index contributed by atoms with van der Waals surface area (Å²) in [5.74, 6) is 1.12. The topological polar surface area (TPSA) is 26.6 Å². The molecular weight excluding hydrogens is 292 g/mol. The van der Waals surface area contributed by atoms with E-state index in [1.807, 2.05) is 11.8 Å². The molecule has 1 aliphatic heterocycles. The second-order valence-electron chi connectivity index (χ2n) is 6.17. The van der Waals surface area contributed by atoms with Crippen LogP contribution in [0.25, 0.3) is 10.9 Å².